The minimum atomic E-state index is -0.339. The molecule has 0 aromatic heterocycles. The van der Waals surface area contributed by atoms with Crippen LogP contribution < -0.4 is 4.74 Å². The van der Waals surface area contributed by atoms with Crippen LogP contribution in [0.15, 0.2) is 48.0 Å². The molecule has 0 radical (unpaired) electrons. The molecule has 1 fully saturated rings. The monoisotopic (exact) mass is 323 g/mol. The van der Waals surface area contributed by atoms with Crippen molar-refractivity contribution in [2.24, 2.45) is 0 Å². The molecule has 4 nitrogen and oxygen atoms in total. The molecule has 0 bridgehead atoms. The molecule has 3 rings (SSSR count). The van der Waals surface area contributed by atoms with E-state index in [4.69, 9.17) is 4.74 Å². The highest BCUT2D eigenvalue weighted by atomic mass is 16.6. The fourth-order valence-corrected chi connectivity index (χ4v) is 3.28. The Hall–Kier alpha value is -2.62. The van der Waals surface area contributed by atoms with Crippen molar-refractivity contribution in [3.05, 3.63) is 63.7 Å². The molecule has 1 saturated carbocycles. The zero-order valence-corrected chi connectivity index (χ0v) is 13.8. The molecule has 0 aliphatic heterocycles. The highest BCUT2D eigenvalue weighted by Crippen LogP contribution is 2.39. The van der Waals surface area contributed by atoms with Crippen LogP contribution >= 0.6 is 0 Å². The first-order valence-electron chi connectivity index (χ1n) is 8.30. The van der Waals surface area contributed by atoms with Gasteiger partial charge in [0.25, 0.3) is 5.69 Å². The van der Waals surface area contributed by atoms with Crippen LogP contribution in [0.25, 0.3) is 17.2 Å². The highest BCUT2D eigenvalue weighted by molar-refractivity contribution is 5.79. The smallest absolute Gasteiger partial charge is 0.270 e. The predicted octanol–water partition coefficient (Wildman–Crippen LogP) is 5.62. The molecule has 1 aliphatic carbocycles. The Morgan fingerprint density at radius 1 is 1.08 bits per heavy atom. The number of hydrogen-bond donors (Lipinski definition) is 0. The Kier molecular flexibility index (Phi) is 4.94. The number of hydrogen-bond acceptors (Lipinski definition) is 3. The summed E-state index contributed by atoms with van der Waals surface area (Å²) in [5, 5.41) is 11.4. The molecular weight excluding hydrogens is 302 g/mol. The molecular formula is C20H21NO3. The fraction of sp³-hybridized carbons (Fsp3) is 0.300. The minimum absolute atomic E-state index is 0.0947. The number of non-ortho nitro benzene ring substituents is 1. The fourth-order valence-electron chi connectivity index (χ4n) is 3.28. The lowest BCUT2D eigenvalue weighted by molar-refractivity contribution is -0.384. The van der Waals surface area contributed by atoms with E-state index >= 15 is 0 Å². The first kappa shape index (κ1) is 16.2. The summed E-state index contributed by atoms with van der Waals surface area (Å²) in [5.74, 6) is 0.699. The van der Waals surface area contributed by atoms with Crippen molar-refractivity contribution in [2.75, 3.05) is 7.11 Å². The highest BCUT2D eigenvalue weighted by Gasteiger charge is 2.18. The maximum atomic E-state index is 11.4. The normalized spacial score (nSPS) is 14.3. The molecule has 4 heteroatoms. The molecule has 0 N–H and O–H groups in total. The summed E-state index contributed by atoms with van der Waals surface area (Å²) in [6, 6.07) is 12.9. The zero-order valence-electron chi connectivity index (χ0n) is 13.8. The van der Waals surface area contributed by atoms with E-state index in [9.17, 15) is 10.1 Å². The van der Waals surface area contributed by atoms with Gasteiger partial charge >= 0.3 is 0 Å². The molecule has 2 aromatic carbocycles. The van der Waals surface area contributed by atoms with Gasteiger partial charge < -0.3 is 4.74 Å². The lowest BCUT2D eigenvalue weighted by Gasteiger charge is -2.16. The van der Waals surface area contributed by atoms with Crippen molar-refractivity contribution < 1.29 is 9.66 Å². The van der Waals surface area contributed by atoms with Crippen LogP contribution in [-0.2, 0) is 0 Å². The third-order valence-electron chi connectivity index (χ3n) is 4.46. The third-order valence-corrected chi connectivity index (χ3v) is 4.46. The molecule has 0 saturated heterocycles. The quantitative estimate of drug-likeness (QED) is 0.542. The average Bonchev–Trinajstić information content (AvgIpc) is 2.62. The number of rotatable bonds is 4. The Labute approximate surface area is 141 Å². The topological polar surface area (TPSA) is 52.4 Å². The second kappa shape index (κ2) is 7.30. The van der Waals surface area contributed by atoms with E-state index in [0.29, 0.717) is 5.75 Å². The second-order valence-corrected chi connectivity index (χ2v) is 6.10. The van der Waals surface area contributed by atoms with Gasteiger partial charge in [-0.2, -0.15) is 0 Å². The first-order chi connectivity index (χ1) is 11.7. The summed E-state index contributed by atoms with van der Waals surface area (Å²) >= 11 is 0. The van der Waals surface area contributed by atoms with Crippen LogP contribution in [-0.4, -0.2) is 12.0 Å². The van der Waals surface area contributed by atoms with Crippen LogP contribution in [0, 0.1) is 10.1 Å². The number of ether oxygens (including phenoxy) is 1. The maximum absolute atomic E-state index is 11.4. The van der Waals surface area contributed by atoms with Crippen LogP contribution in [0.1, 0.15) is 37.7 Å². The number of nitrogens with zero attached hydrogens (tertiary/aromatic N) is 1. The van der Waals surface area contributed by atoms with Crippen LogP contribution in [0.2, 0.25) is 0 Å². The minimum Gasteiger partial charge on any atom is -0.495 e. The summed E-state index contributed by atoms with van der Waals surface area (Å²) in [7, 11) is 1.62. The largest absolute Gasteiger partial charge is 0.495 e. The number of benzene rings is 2. The zero-order chi connectivity index (χ0) is 16.9. The van der Waals surface area contributed by atoms with Gasteiger partial charge in [-0.3, -0.25) is 10.1 Å². The van der Waals surface area contributed by atoms with Gasteiger partial charge in [0.15, 0.2) is 0 Å². The summed E-state index contributed by atoms with van der Waals surface area (Å²) in [4.78, 5) is 11.0. The molecule has 24 heavy (non-hydrogen) atoms. The van der Waals surface area contributed by atoms with E-state index in [0.717, 1.165) is 29.5 Å². The van der Waals surface area contributed by atoms with E-state index in [2.05, 4.69) is 6.08 Å². The number of methoxy groups -OCH3 is 1. The molecule has 1 aliphatic rings. The van der Waals surface area contributed by atoms with E-state index in [-0.39, 0.29) is 10.6 Å². The van der Waals surface area contributed by atoms with Crippen molar-refractivity contribution in [1.82, 2.24) is 0 Å². The number of nitro groups is 1. The lowest BCUT2D eigenvalue weighted by Crippen LogP contribution is -1.98. The molecule has 0 heterocycles. The van der Waals surface area contributed by atoms with Gasteiger partial charge in [-0.1, -0.05) is 48.4 Å². The Morgan fingerprint density at radius 3 is 2.42 bits per heavy atom. The SMILES string of the molecule is COc1c(C=C2CCCCC2)cc([N+](=O)[O-])cc1-c1ccccc1. The molecule has 0 spiro atoms. The lowest BCUT2D eigenvalue weighted by atomic mass is 9.92. The third kappa shape index (κ3) is 3.48. The van der Waals surface area contributed by atoms with Gasteiger partial charge in [-0.25, -0.2) is 0 Å². The number of nitro benzene ring substituents is 1. The second-order valence-electron chi connectivity index (χ2n) is 6.10. The Balaban J connectivity index is 2.16. The van der Waals surface area contributed by atoms with Crippen LogP contribution in [0.3, 0.4) is 0 Å². The Morgan fingerprint density at radius 2 is 1.79 bits per heavy atom. The van der Waals surface area contributed by atoms with Gasteiger partial charge in [0.05, 0.1) is 12.0 Å². The molecule has 0 atom stereocenters. The van der Waals surface area contributed by atoms with Crippen molar-refractivity contribution in [2.45, 2.75) is 32.1 Å². The summed E-state index contributed by atoms with van der Waals surface area (Å²) < 4.78 is 5.64. The number of allylic oxidation sites excluding steroid dienone is 1. The standard InChI is InChI=1S/C20H21NO3/c1-24-20-17(12-15-8-4-2-5-9-15)13-18(21(22)23)14-19(20)16-10-6-3-7-11-16/h3,6-7,10-14H,2,4-5,8-9H2,1H3. The van der Waals surface area contributed by atoms with Gasteiger partial charge in [-0.15, -0.1) is 0 Å². The average molecular weight is 323 g/mol. The summed E-state index contributed by atoms with van der Waals surface area (Å²) in [6.45, 7) is 0. The molecule has 124 valence electrons. The van der Waals surface area contributed by atoms with E-state index in [1.807, 2.05) is 30.3 Å². The van der Waals surface area contributed by atoms with Crippen molar-refractivity contribution in [1.29, 1.82) is 0 Å². The van der Waals surface area contributed by atoms with E-state index in [1.54, 1.807) is 19.2 Å². The van der Waals surface area contributed by atoms with Gasteiger partial charge in [0, 0.05) is 23.3 Å². The Bertz CT molecular complexity index is 758. The summed E-state index contributed by atoms with van der Waals surface area (Å²) in [5.41, 5.74) is 3.91. The van der Waals surface area contributed by atoms with Gasteiger partial charge in [-0.05, 0) is 31.2 Å². The van der Waals surface area contributed by atoms with Gasteiger partial charge in [0.2, 0.25) is 0 Å². The van der Waals surface area contributed by atoms with E-state index in [1.165, 1.54) is 24.8 Å². The molecule has 2 aromatic rings. The molecule has 0 amide bonds. The van der Waals surface area contributed by atoms with Crippen molar-refractivity contribution in [3.63, 3.8) is 0 Å². The van der Waals surface area contributed by atoms with Crippen LogP contribution in [0.4, 0.5) is 5.69 Å². The van der Waals surface area contributed by atoms with Gasteiger partial charge in [0.1, 0.15) is 5.75 Å². The first-order valence-corrected chi connectivity index (χ1v) is 8.30. The van der Waals surface area contributed by atoms with E-state index < -0.39 is 0 Å². The predicted molar refractivity (Wildman–Crippen MR) is 96.1 cm³/mol. The maximum Gasteiger partial charge on any atom is 0.270 e. The molecule has 0 unspecified atom stereocenters. The van der Waals surface area contributed by atoms with Crippen molar-refractivity contribution in [3.8, 4) is 16.9 Å². The summed E-state index contributed by atoms with van der Waals surface area (Å²) in [6.07, 6.45) is 7.85. The van der Waals surface area contributed by atoms with Crippen LogP contribution in [0.5, 0.6) is 5.75 Å². The van der Waals surface area contributed by atoms with Crippen molar-refractivity contribution >= 4 is 11.8 Å².